The van der Waals surface area contributed by atoms with Crippen LogP contribution in [0.25, 0.3) is 0 Å². The second kappa shape index (κ2) is 7.99. The predicted octanol–water partition coefficient (Wildman–Crippen LogP) is 3.28. The molecule has 0 saturated carbocycles. The van der Waals surface area contributed by atoms with Crippen LogP contribution in [-0.4, -0.2) is 18.5 Å². The zero-order valence-corrected chi connectivity index (χ0v) is 16.3. The van der Waals surface area contributed by atoms with E-state index in [4.69, 9.17) is 4.74 Å². The van der Waals surface area contributed by atoms with Gasteiger partial charge < -0.3 is 10.1 Å². The number of anilines is 1. The van der Waals surface area contributed by atoms with E-state index >= 15 is 0 Å². The summed E-state index contributed by atoms with van der Waals surface area (Å²) < 4.78 is 7.08. The molecular formula is C20H25N2O3S+. The SMILES string of the molecule is CCOC(=O)c1c(NC(=O)C[n+]2cccc(C)c2)sc2c1CCC(C)C2. The lowest BCUT2D eigenvalue weighted by atomic mass is 9.88. The molecular weight excluding hydrogens is 348 g/mol. The van der Waals surface area contributed by atoms with Gasteiger partial charge in [0, 0.05) is 16.5 Å². The van der Waals surface area contributed by atoms with Crippen molar-refractivity contribution in [1.82, 2.24) is 0 Å². The molecule has 26 heavy (non-hydrogen) atoms. The van der Waals surface area contributed by atoms with Gasteiger partial charge in [-0.3, -0.25) is 4.79 Å². The number of nitrogens with zero attached hydrogens (tertiary/aromatic N) is 1. The molecule has 1 aliphatic carbocycles. The van der Waals surface area contributed by atoms with E-state index in [1.54, 1.807) is 6.92 Å². The third-order valence-electron chi connectivity index (χ3n) is 4.58. The van der Waals surface area contributed by atoms with Gasteiger partial charge in [-0.1, -0.05) is 6.92 Å². The maximum atomic E-state index is 12.5. The molecule has 6 heteroatoms. The average molecular weight is 373 g/mol. The van der Waals surface area contributed by atoms with Gasteiger partial charge in [-0.25, -0.2) is 4.79 Å². The largest absolute Gasteiger partial charge is 0.462 e. The molecule has 3 rings (SSSR count). The van der Waals surface area contributed by atoms with Crippen LogP contribution in [0.15, 0.2) is 24.5 Å². The van der Waals surface area contributed by atoms with Gasteiger partial charge in [0.2, 0.25) is 6.54 Å². The Labute approximate surface area is 158 Å². The summed E-state index contributed by atoms with van der Waals surface area (Å²) in [7, 11) is 0. The Morgan fingerprint density at radius 3 is 2.96 bits per heavy atom. The monoisotopic (exact) mass is 373 g/mol. The van der Waals surface area contributed by atoms with Crippen molar-refractivity contribution in [2.75, 3.05) is 11.9 Å². The van der Waals surface area contributed by atoms with E-state index in [0.717, 1.165) is 30.4 Å². The van der Waals surface area contributed by atoms with Crippen molar-refractivity contribution in [2.45, 2.75) is 46.6 Å². The maximum absolute atomic E-state index is 12.5. The normalized spacial score (nSPS) is 16.0. The fraction of sp³-hybridized carbons (Fsp3) is 0.450. The second-order valence-electron chi connectivity index (χ2n) is 6.88. The van der Waals surface area contributed by atoms with E-state index in [-0.39, 0.29) is 18.4 Å². The smallest absolute Gasteiger partial charge is 0.341 e. The minimum Gasteiger partial charge on any atom is -0.462 e. The lowest BCUT2D eigenvalue weighted by molar-refractivity contribution is -0.684. The molecule has 1 amide bonds. The van der Waals surface area contributed by atoms with Crippen molar-refractivity contribution in [1.29, 1.82) is 0 Å². The van der Waals surface area contributed by atoms with Crippen LogP contribution < -0.4 is 9.88 Å². The topological polar surface area (TPSA) is 59.3 Å². The number of aromatic nitrogens is 1. The van der Waals surface area contributed by atoms with Crippen LogP contribution in [-0.2, 0) is 28.9 Å². The molecule has 5 nitrogen and oxygen atoms in total. The van der Waals surface area contributed by atoms with Crippen LogP contribution in [0.3, 0.4) is 0 Å². The third kappa shape index (κ3) is 4.12. The Morgan fingerprint density at radius 2 is 2.23 bits per heavy atom. The molecule has 0 spiro atoms. The van der Waals surface area contributed by atoms with Gasteiger partial charge >= 0.3 is 5.97 Å². The summed E-state index contributed by atoms with van der Waals surface area (Å²) in [5, 5.41) is 3.57. The summed E-state index contributed by atoms with van der Waals surface area (Å²) in [4.78, 5) is 26.2. The summed E-state index contributed by atoms with van der Waals surface area (Å²) in [6.45, 7) is 6.54. The summed E-state index contributed by atoms with van der Waals surface area (Å²) >= 11 is 1.52. The number of pyridine rings is 1. The highest BCUT2D eigenvalue weighted by molar-refractivity contribution is 7.17. The van der Waals surface area contributed by atoms with Crippen molar-refractivity contribution < 1.29 is 18.9 Å². The molecule has 2 aromatic heterocycles. The second-order valence-corrected chi connectivity index (χ2v) is 7.98. The van der Waals surface area contributed by atoms with Crippen molar-refractivity contribution in [3.63, 3.8) is 0 Å². The number of carbonyl (C=O) groups excluding carboxylic acids is 2. The third-order valence-corrected chi connectivity index (χ3v) is 5.75. The number of rotatable bonds is 5. The molecule has 0 aliphatic heterocycles. The highest BCUT2D eigenvalue weighted by atomic mass is 32.1. The van der Waals surface area contributed by atoms with Crippen LogP contribution in [0.5, 0.6) is 0 Å². The van der Waals surface area contributed by atoms with Gasteiger partial charge in [0.05, 0.1) is 12.2 Å². The highest BCUT2D eigenvalue weighted by Crippen LogP contribution is 2.40. The zero-order valence-electron chi connectivity index (χ0n) is 15.5. The Balaban J connectivity index is 1.84. The van der Waals surface area contributed by atoms with E-state index in [1.165, 1.54) is 16.2 Å². The number of ether oxygens (including phenoxy) is 1. The summed E-state index contributed by atoms with van der Waals surface area (Å²) in [5.41, 5.74) is 2.71. The number of nitrogens with one attached hydrogen (secondary N) is 1. The molecule has 138 valence electrons. The summed E-state index contributed by atoms with van der Waals surface area (Å²) in [6, 6.07) is 3.90. The molecule has 0 aromatic carbocycles. The fourth-order valence-corrected chi connectivity index (χ4v) is 4.76. The molecule has 0 radical (unpaired) electrons. The standard InChI is InChI=1S/C20H24N2O3S/c1-4-25-20(24)18-15-8-7-13(2)10-16(15)26-19(18)21-17(23)12-22-9-5-6-14(3)11-22/h5-6,9,11,13H,4,7-8,10,12H2,1-3H3/p+1. The molecule has 0 fully saturated rings. The van der Waals surface area contributed by atoms with E-state index in [9.17, 15) is 9.59 Å². The number of aryl methyl sites for hydroxylation is 1. The van der Waals surface area contributed by atoms with Gasteiger partial charge in [-0.15, -0.1) is 11.3 Å². The van der Waals surface area contributed by atoms with Gasteiger partial charge in [0.1, 0.15) is 5.00 Å². The fourth-order valence-electron chi connectivity index (χ4n) is 3.34. The molecule has 1 unspecified atom stereocenters. The van der Waals surface area contributed by atoms with Crippen LogP contribution in [0, 0.1) is 12.8 Å². The highest BCUT2D eigenvalue weighted by Gasteiger charge is 2.29. The number of fused-ring (bicyclic) bond motifs is 1. The van der Waals surface area contributed by atoms with Gasteiger partial charge in [-0.2, -0.15) is 4.57 Å². The predicted molar refractivity (Wildman–Crippen MR) is 101 cm³/mol. The number of hydrogen-bond acceptors (Lipinski definition) is 4. The molecule has 1 atom stereocenters. The van der Waals surface area contributed by atoms with Crippen LogP contribution >= 0.6 is 11.3 Å². The first kappa shape index (κ1) is 18.6. The molecule has 0 saturated heterocycles. The Kier molecular flexibility index (Phi) is 5.71. The first-order chi connectivity index (χ1) is 12.5. The molecule has 1 N–H and O–H groups in total. The van der Waals surface area contributed by atoms with Crippen LogP contribution in [0.4, 0.5) is 5.00 Å². The lowest BCUT2D eigenvalue weighted by Gasteiger charge is -2.18. The summed E-state index contributed by atoms with van der Waals surface area (Å²) in [6.07, 6.45) is 6.66. The van der Waals surface area contributed by atoms with Crippen molar-refractivity contribution in [2.24, 2.45) is 5.92 Å². The van der Waals surface area contributed by atoms with Gasteiger partial charge in [0.15, 0.2) is 12.4 Å². The number of thiophene rings is 1. The zero-order chi connectivity index (χ0) is 18.7. The van der Waals surface area contributed by atoms with Gasteiger partial charge in [0.25, 0.3) is 5.91 Å². The molecule has 0 bridgehead atoms. The molecule has 2 heterocycles. The number of amides is 1. The van der Waals surface area contributed by atoms with Crippen LogP contribution in [0.1, 0.15) is 46.6 Å². The number of hydrogen-bond donors (Lipinski definition) is 1. The van der Waals surface area contributed by atoms with Gasteiger partial charge in [-0.05, 0) is 50.7 Å². The lowest BCUT2D eigenvalue weighted by Crippen LogP contribution is -2.39. The van der Waals surface area contributed by atoms with Crippen molar-refractivity contribution >= 4 is 28.2 Å². The van der Waals surface area contributed by atoms with E-state index in [0.29, 0.717) is 23.1 Å². The van der Waals surface area contributed by atoms with E-state index < -0.39 is 0 Å². The van der Waals surface area contributed by atoms with Crippen molar-refractivity contribution in [3.05, 3.63) is 46.1 Å². The minimum atomic E-state index is -0.335. The quantitative estimate of drug-likeness (QED) is 0.646. The van der Waals surface area contributed by atoms with Crippen molar-refractivity contribution in [3.8, 4) is 0 Å². The number of carbonyl (C=O) groups is 2. The molecule has 1 aliphatic rings. The van der Waals surface area contributed by atoms with E-state index in [1.807, 2.05) is 36.0 Å². The number of esters is 1. The van der Waals surface area contributed by atoms with Crippen LogP contribution in [0.2, 0.25) is 0 Å². The first-order valence-corrected chi connectivity index (χ1v) is 9.86. The Hall–Kier alpha value is -2.21. The maximum Gasteiger partial charge on any atom is 0.341 e. The Morgan fingerprint density at radius 1 is 1.42 bits per heavy atom. The first-order valence-electron chi connectivity index (χ1n) is 9.05. The minimum absolute atomic E-state index is 0.141. The Bertz CT molecular complexity index is 828. The average Bonchev–Trinajstić information content (AvgIpc) is 2.91. The molecule has 2 aromatic rings. The van der Waals surface area contributed by atoms with E-state index in [2.05, 4.69) is 12.2 Å². The summed E-state index contributed by atoms with van der Waals surface area (Å²) in [5.74, 6) is 0.124.